The monoisotopic (exact) mass is 364 g/mol. The molecule has 2 nitrogen and oxygen atoms in total. The molecule has 3 rings (SSSR count). The SMILES string of the molecule is CC(C)(C)C1(CC#N)CCN(Cc2ccc(-c3ccccc3F)cc2)CC1. The average Bonchev–Trinajstić information content (AvgIpc) is 2.64. The van der Waals surface area contributed by atoms with E-state index in [1.165, 1.54) is 11.6 Å². The van der Waals surface area contributed by atoms with Crippen LogP contribution in [0.25, 0.3) is 11.1 Å². The van der Waals surface area contributed by atoms with Crippen molar-refractivity contribution in [1.29, 1.82) is 5.26 Å². The Hall–Kier alpha value is -2.18. The molecule has 0 aromatic heterocycles. The van der Waals surface area contributed by atoms with Gasteiger partial charge in [-0.3, -0.25) is 4.90 Å². The topological polar surface area (TPSA) is 27.0 Å². The van der Waals surface area contributed by atoms with Gasteiger partial charge in [-0.15, -0.1) is 0 Å². The molecule has 1 aliphatic rings. The van der Waals surface area contributed by atoms with Gasteiger partial charge in [-0.1, -0.05) is 63.2 Å². The summed E-state index contributed by atoms with van der Waals surface area (Å²) in [5, 5.41) is 9.30. The summed E-state index contributed by atoms with van der Waals surface area (Å²) in [6.07, 6.45) is 2.77. The molecular weight excluding hydrogens is 335 g/mol. The fraction of sp³-hybridized carbons (Fsp3) is 0.458. The number of rotatable bonds is 4. The summed E-state index contributed by atoms with van der Waals surface area (Å²) in [4.78, 5) is 2.47. The molecule has 0 aliphatic carbocycles. The van der Waals surface area contributed by atoms with Gasteiger partial charge in [-0.2, -0.15) is 5.26 Å². The van der Waals surface area contributed by atoms with E-state index in [1.54, 1.807) is 6.07 Å². The normalized spacial score (nSPS) is 17.4. The Morgan fingerprint density at radius 1 is 1.04 bits per heavy atom. The van der Waals surface area contributed by atoms with E-state index in [9.17, 15) is 9.65 Å². The van der Waals surface area contributed by atoms with Gasteiger partial charge in [0.2, 0.25) is 0 Å². The maximum atomic E-state index is 13.9. The number of benzene rings is 2. The molecule has 1 aliphatic heterocycles. The lowest BCUT2D eigenvalue weighted by Gasteiger charge is -2.49. The minimum Gasteiger partial charge on any atom is -0.299 e. The van der Waals surface area contributed by atoms with Crippen LogP contribution in [0.2, 0.25) is 0 Å². The van der Waals surface area contributed by atoms with E-state index in [4.69, 9.17) is 0 Å². The predicted octanol–water partition coefficient (Wildman–Crippen LogP) is 6.03. The van der Waals surface area contributed by atoms with Crippen LogP contribution in [-0.2, 0) is 6.54 Å². The van der Waals surface area contributed by atoms with Crippen molar-refractivity contribution in [2.75, 3.05) is 13.1 Å². The highest BCUT2D eigenvalue weighted by Gasteiger charge is 2.43. The van der Waals surface area contributed by atoms with E-state index in [2.05, 4.69) is 43.9 Å². The summed E-state index contributed by atoms with van der Waals surface area (Å²) in [7, 11) is 0. The summed E-state index contributed by atoms with van der Waals surface area (Å²) in [6.45, 7) is 9.75. The third kappa shape index (κ3) is 4.22. The molecule has 0 spiro atoms. The Balaban J connectivity index is 1.64. The highest BCUT2D eigenvalue weighted by atomic mass is 19.1. The maximum absolute atomic E-state index is 13.9. The fourth-order valence-corrected chi connectivity index (χ4v) is 4.23. The van der Waals surface area contributed by atoms with Gasteiger partial charge >= 0.3 is 0 Å². The van der Waals surface area contributed by atoms with Crippen LogP contribution >= 0.6 is 0 Å². The van der Waals surface area contributed by atoms with Crippen molar-refractivity contribution in [3.8, 4) is 17.2 Å². The van der Waals surface area contributed by atoms with Crippen LogP contribution in [-0.4, -0.2) is 18.0 Å². The van der Waals surface area contributed by atoms with E-state index >= 15 is 0 Å². The molecule has 2 aromatic carbocycles. The van der Waals surface area contributed by atoms with Crippen LogP contribution in [0.3, 0.4) is 0 Å². The van der Waals surface area contributed by atoms with Gasteiger partial charge < -0.3 is 0 Å². The molecule has 1 fully saturated rings. The van der Waals surface area contributed by atoms with Gasteiger partial charge in [0.1, 0.15) is 5.82 Å². The van der Waals surface area contributed by atoms with Gasteiger partial charge in [-0.05, 0) is 54.0 Å². The van der Waals surface area contributed by atoms with Gasteiger partial charge in [0, 0.05) is 18.5 Å². The molecule has 1 saturated heterocycles. The molecule has 0 N–H and O–H groups in total. The number of halogens is 1. The number of likely N-dealkylation sites (tertiary alicyclic amines) is 1. The van der Waals surface area contributed by atoms with E-state index in [1.807, 2.05) is 24.3 Å². The summed E-state index contributed by atoms with van der Waals surface area (Å²) in [6, 6.07) is 17.5. The number of nitriles is 1. The lowest BCUT2D eigenvalue weighted by Crippen LogP contribution is -2.46. The third-order valence-electron chi connectivity index (χ3n) is 6.37. The quantitative estimate of drug-likeness (QED) is 0.662. The second-order valence-corrected chi connectivity index (χ2v) is 8.82. The van der Waals surface area contributed by atoms with Crippen molar-refractivity contribution in [2.24, 2.45) is 10.8 Å². The Bertz CT molecular complexity index is 804. The standard InChI is InChI=1S/C24H29FN2/c1-23(2,3)24(12-15-26)13-16-27(17-14-24)18-19-8-10-20(11-9-19)21-6-4-5-7-22(21)25/h4-11H,12-14,16-18H2,1-3H3. The first-order valence-corrected chi connectivity index (χ1v) is 9.78. The van der Waals surface area contributed by atoms with Gasteiger partial charge in [0.25, 0.3) is 0 Å². The first-order chi connectivity index (χ1) is 12.8. The minimum atomic E-state index is -0.183. The zero-order chi connectivity index (χ0) is 19.5. The molecule has 0 saturated carbocycles. The summed E-state index contributed by atoms with van der Waals surface area (Å²) < 4.78 is 13.9. The maximum Gasteiger partial charge on any atom is 0.131 e. The van der Waals surface area contributed by atoms with Crippen LogP contribution in [0.4, 0.5) is 4.39 Å². The summed E-state index contributed by atoms with van der Waals surface area (Å²) in [5.74, 6) is -0.183. The van der Waals surface area contributed by atoms with Crippen LogP contribution < -0.4 is 0 Å². The molecule has 1 heterocycles. The minimum absolute atomic E-state index is 0.118. The Labute approximate surface area is 162 Å². The van der Waals surface area contributed by atoms with E-state index in [-0.39, 0.29) is 16.6 Å². The van der Waals surface area contributed by atoms with Crippen molar-refractivity contribution in [2.45, 2.75) is 46.6 Å². The number of hydrogen-bond acceptors (Lipinski definition) is 2. The average molecular weight is 365 g/mol. The largest absolute Gasteiger partial charge is 0.299 e. The molecule has 3 heteroatoms. The Morgan fingerprint density at radius 3 is 2.22 bits per heavy atom. The van der Waals surface area contributed by atoms with Gasteiger partial charge in [-0.25, -0.2) is 4.39 Å². The molecule has 0 unspecified atom stereocenters. The zero-order valence-electron chi connectivity index (χ0n) is 16.6. The molecular formula is C24H29FN2. The zero-order valence-corrected chi connectivity index (χ0v) is 16.6. The van der Waals surface area contributed by atoms with Gasteiger partial charge in [0.05, 0.1) is 6.07 Å². The van der Waals surface area contributed by atoms with Crippen LogP contribution in [0.1, 0.15) is 45.6 Å². The lowest BCUT2D eigenvalue weighted by atomic mass is 9.60. The van der Waals surface area contributed by atoms with Crippen molar-refractivity contribution < 1.29 is 4.39 Å². The van der Waals surface area contributed by atoms with E-state index in [0.717, 1.165) is 38.0 Å². The summed E-state index contributed by atoms with van der Waals surface area (Å²) in [5.41, 5.74) is 3.08. The highest BCUT2D eigenvalue weighted by Crippen LogP contribution is 2.49. The van der Waals surface area contributed by atoms with Gasteiger partial charge in [0.15, 0.2) is 0 Å². The predicted molar refractivity (Wildman–Crippen MR) is 108 cm³/mol. The van der Waals surface area contributed by atoms with Crippen molar-refractivity contribution in [1.82, 2.24) is 4.90 Å². The lowest BCUT2D eigenvalue weighted by molar-refractivity contribution is 0.00711. The number of hydrogen-bond donors (Lipinski definition) is 0. The first kappa shape index (κ1) is 19.6. The molecule has 0 amide bonds. The molecule has 0 bridgehead atoms. The number of piperidine rings is 1. The molecule has 2 aromatic rings. The molecule has 0 atom stereocenters. The van der Waals surface area contributed by atoms with Crippen molar-refractivity contribution in [3.63, 3.8) is 0 Å². The van der Waals surface area contributed by atoms with Crippen LogP contribution in [0, 0.1) is 28.0 Å². The molecule has 142 valence electrons. The van der Waals surface area contributed by atoms with Crippen molar-refractivity contribution in [3.05, 3.63) is 59.9 Å². The van der Waals surface area contributed by atoms with E-state index < -0.39 is 0 Å². The number of nitrogens with zero attached hydrogens (tertiary/aromatic N) is 2. The highest BCUT2D eigenvalue weighted by molar-refractivity contribution is 5.64. The fourth-order valence-electron chi connectivity index (χ4n) is 4.23. The first-order valence-electron chi connectivity index (χ1n) is 9.78. The smallest absolute Gasteiger partial charge is 0.131 e. The Morgan fingerprint density at radius 2 is 1.67 bits per heavy atom. The second kappa shape index (κ2) is 7.82. The second-order valence-electron chi connectivity index (χ2n) is 8.82. The van der Waals surface area contributed by atoms with Crippen LogP contribution in [0.5, 0.6) is 0 Å². The molecule has 27 heavy (non-hydrogen) atoms. The third-order valence-corrected chi connectivity index (χ3v) is 6.37. The van der Waals surface area contributed by atoms with Crippen molar-refractivity contribution >= 4 is 0 Å². The Kier molecular flexibility index (Phi) is 5.67. The molecule has 0 radical (unpaired) electrons. The van der Waals surface area contributed by atoms with Crippen LogP contribution in [0.15, 0.2) is 48.5 Å². The summed E-state index contributed by atoms with van der Waals surface area (Å²) >= 11 is 0. The van der Waals surface area contributed by atoms with E-state index in [0.29, 0.717) is 12.0 Å².